The highest BCUT2D eigenvalue weighted by molar-refractivity contribution is 8.14. The highest BCUT2D eigenvalue weighted by Crippen LogP contribution is 2.73. The number of carbonyl (C=O) groups is 2. The quantitative estimate of drug-likeness (QED) is 0.520. The summed E-state index contributed by atoms with van der Waals surface area (Å²) in [4.78, 5) is 32.7. The predicted octanol–water partition coefficient (Wildman–Crippen LogP) is 5.15. The third-order valence-electron chi connectivity index (χ3n) is 10.5. The van der Waals surface area contributed by atoms with Crippen molar-refractivity contribution in [1.29, 1.82) is 5.26 Å². The van der Waals surface area contributed by atoms with Crippen LogP contribution in [0.25, 0.3) is 0 Å². The van der Waals surface area contributed by atoms with Gasteiger partial charge in [-0.05, 0) is 67.5 Å². The fourth-order valence-corrected chi connectivity index (χ4v) is 9.73. The van der Waals surface area contributed by atoms with Gasteiger partial charge in [0.15, 0.2) is 17.1 Å². The first-order chi connectivity index (χ1) is 18.9. The minimum absolute atomic E-state index is 0.0643. The molecule has 5 aliphatic rings. The Morgan fingerprint density at radius 1 is 1.27 bits per heavy atom. The monoisotopic (exact) mass is 588 g/mol. The first-order valence-corrected chi connectivity index (χ1v) is 15.0. The van der Waals surface area contributed by atoms with Crippen molar-refractivity contribution in [2.45, 2.75) is 63.2 Å². The molecule has 6 nitrogen and oxygen atoms in total. The van der Waals surface area contributed by atoms with Crippen LogP contribution in [0.2, 0.25) is 5.02 Å². The van der Waals surface area contributed by atoms with Crippen LogP contribution in [0.4, 0.5) is 8.78 Å². The topological polar surface area (TPSA) is 90.6 Å². The zero-order valence-electron chi connectivity index (χ0n) is 22.3. The number of alkyl halides is 2. The summed E-state index contributed by atoms with van der Waals surface area (Å²) < 4.78 is 33.3. The van der Waals surface area contributed by atoms with Gasteiger partial charge >= 0.3 is 0 Å². The molecular weight excluding hydrogens is 558 g/mol. The van der Waals surface area contributed by atoms with E-state index in [0.29, 0.717) is 24.5 Å². The molecule has 212 valence electrons. The van der Waals surface area contributed by atoms with Gasteiger partial charge in [-0.2, -0.15) is 10.3 Å². The number of ketones is 1. The number of nitrogens with zero attached hydrogens (tertiary/aromatic N) is 2. The smallest absolute Gasteiger partial charge is 0.224 e. The maximum absolute atomic E-state index is 17.5. The normalized spacial score (nSPS) is 43.8. The molecular formula is C30H31ClF2N2O4S. The van der Waals surface area contributed by atoms with E-state index in [4.69, 9.17) is 16.4 Å². The lowest BCUT2D eigenvalue weighted by atomic mass is 9.44. The van der Waals surface area contributed by atoms with Crippen LogP contribution in [-0.2, 0) is 21.0 Å². The average molecular weight is 589 g/mol. The van der Waals surface area contributed by atoms with Gasteiger partial charge < -0.3 is 5.11 Å². The van der Waals surface area contributed by atoms with Gasteiger partial charge in [-0.1, -0.05) is 48.5 Å². The van der Waals surface area contributed by atoms with Crippen LogP contribution in [0.3, 0.4) is 0 Å². The van der Waals surface area contributed by atoms with E-state index in [-0.39, 0.29) is 35.2 Å². The largest absolute Gasteiger partial charge is 0.390 e. The van der Waals surface area contributed by atoms with Gasteiger partial charge in [-0.3, -0.25) is 14.4 Å². The number of thioether (sulfide) groups is 1. The number of benzene rings is 1. The average Bonchev–Trinajstić information content (AvgIpc) is 3.39. The van der Waals surface area contributed by atoms with Crippen LogP contribution < -0.4 is 0 Å². The molecule has 1 heterocycles. The number of aliphatic hydroxyl groups excluding tert-OH is 1. The second kappa shape index (κ2) is 9.47. The van der Waals surface area contributed by atoms with E-state index in [0.717, 1.165) is 17.3 Å². The Kier molecular flexibility index (Phi) is 6.64. The molecule has 4 aliphatic carbocycles. The predicted molar refractivity (Wildman–Crippen MR) is 146 cm³/mol. The van der Waals surface area contributed by atoms with Crippen molar-refractivity contribution in [3.8, 4) is 6.07 Å². The zero-order chi connectivity index (χ0) is 28.7. The molecule has 1 aromatic carbocycles. The van der Waals surface area contributed by atoms with E-state index in [1.165, 1.54) is 18.2 Å². The van der Waals surface area contributed by atoms with Crippen LogP contribution in [0, 0.1) is 39.9 Å². The summed E-state index contributed by atoms with van der Waals surface area (Å²) >= 11 is 6.92. The van der Waals surface area contributed by atoms with E-state index >= 15 is 8.78 Å². The standard InChI is InChI=1S/C30H31ClF2N2O4S/c1-27-8-7-20(36)12-23(27)24(32)13-22-21-11-18-16-35(15-17-3-5-19(31)6-4-17)39-30(18,26(38)40-10-9-34)28(21,2)14-25(37)29(22,27)33/h3-8,12,18,21-22,24-25,37H,10-11,13-16H2,1-2H3/t18-,21?,22-,24-,25-,27-,28?,29-,30-/m0/s1. The molecule has 9 atom stereocenters. The molecule has 0 radical (unpaired) electrons. The summed E-state index contributed by atoms with van der Waals surface area (Å²) in [7, 11) is 0. The Labute approximate surface area is 241 Å². The maximum atomic E-state index is 17.5. The minimum Gasteiger partial charge on any atom is -0.390 e. The fraction of sp³-hybridized carbons (Fsp3) is 0.567. The van der Waals surface area contributed by atoms with E-state index in [1.54, 1.807) is 24.1 Å². The molecule has 10 heteroatoms. The SMILES string of the molecule is CC12C[C@H](O)[C@@]3(F)[C@@H](C[C@H](F)C4=CC(=O)C=C[C@@]43C)C1C[C@H]1CN(Cc3ccc(Cl)cc3)O[C@]12C(=O)SCC#N. The van der Waals surface area contributed by atoms with Crippen LogP contribution >= 0.6 is 23.4 Å². The third-order valence-corrected chi connectivity index (χ3v) is 11.6. The van der Waals surface area contributed by atoms with Crippen molar-refractivity contribution < 1.29 is 28.3 Å². The van der Waals surface area contributed by atoms with Crippen molar-refractivity contribution in [1.82, 2.24) is 5.06 Å². The molecule has 1 saturated heterocycles. The molecule has 1 N–H and O–H groups in total. The Morgan fingerprint density at radius 3 is 2.70 bits per heavy atom. The van der Waals surface area contributed by atoms with Gasteiger partial charge in [0, 0.05) is 40.8 Å². The summed E-state index contributed by atoms with van der Waals surface area (Å²) in [6, 6.07) is 9.32. The Hall–Kier alpha value is -2.09. The Morgan fingerprint density at radius 2 is 2.00 bits per heavy atom. The number of rotatable bonds is 4. The molecule has 0 amide bonds. The number of hydrogen-bond acceptors (Lipinski definition) is 7. The molecule has 3 saturated carbocycles. The van der Waals surface area contributed by atoms with Gasteiger partial charge in [-0.25, -0.2) is 8.78 Å². The number of aliphatic hydroxyl groups is 1. The zero-order valence-corrected chi connectivity index (χ0v) is 23.9. The number of fused-ring (bicyclic) bond motifs is 7. The van der Waals surface area contributed by atoms with Crippen molar-refractivity contribution in [3.05, 3.63) is 58.7 Å². The highest BCUT2D eigenvalue weighted by Gasteiger charge is 2.79. The van der Waals surface area contributed by atoms with Gasteiger partial charge in [0.1, 0.15) is 6.17 Å². The first-order valence-electron chi connectivity index (χ1n) is 13.6. The summed E-state index contributed by atoms with van der Waals surface area (Å²) in [6.07, 6.45) is 0.918. The number of hydroxylamine groups is 2. The van der Waals surface area contributed by atoms with Gasteiger partial charge in [0.2, 0.25) is 5.12 Å². The number of carbonyl (C=O) groups excluding carboxylic acids is 2. The molecule has 6 rings (SSSR count). The van der Waals surface area contributed by atoms with Crippen LogP contribution in [0.15, 0.2) is 48.1 Å². The number of nitriles is 1. The highest BCUT2D eigenvalue weighted by atomic mass is 35.5. The molecule has 4 fully saturated rings. The van der Waals surface area contributed by atoms with Gasteiger partial charge in [-0.15, -0.1) is 0 Å². The maximum Gasteiger partial charge on any atom is 0.224 e. The molecule has 2 unspecified atom stereocenters. The Bertz CT molecular complexity index is 1370. The van der Waals surface area contributed by atoms with Crippen molar-refractivity contribution in [3.63, 3.8) is 0 Å². The second-order valence-corrected chi connectivity index (χ2v) is 13.7. The molecule has 40 heavy (non-hydrogen) atoms. The summed E-state index contributed by atoms with van der Waals surface area (Å²) in [5, 5.41) is 22.9. The number of halogens is 3. The van der Waals surface area contributed by atoms with E-state index in [1.807, 2.05) is 25.1 Å². The van der Waals surface area contributed by atoms with Crippen LogP contribution in [0.1, 0.15) is 38.7 Å². The van der Waals surface area contributed by atoms with Crippen molar-refractivity contribution in [2.24, 2.45) is 28.6 Å². The minimum atomic E-state index is -2.23. The van der Waals surface area contributed by atoms with Crippen LogP contribution in [0.5, 0.6) is 0 Å². The molecule has 1 aliphatic heterocycles. The fourth-order valence-electron chi connectivity index (χ4n) is 8.75. The summed E-state index contributed by atoms with van der Waals surface area (Å²) in [5.74, 6) is -2.16. The lowest BCUT2D eigenvalue weighted by Crippen LogP contribution is -2.70. The third kappa shape index (κ3) is 3.62. The van der Waals surface area contributed by atoms with Crippen LogP contribution in [-0.4, -0.2) is 56.9 Å². The first kappa shape index (κ1) is 28.0. The summed E-state index contributed by atoms with van der Waals surface area (Å²) in [6.45, 7) is 4.21. The molecule has 0 spiro atoms. The Balaban J connectivity index is 1.40. The van der Waals surface area contributed by atoms with E-state index in [9.17, 15) is 20.0 Å². The van der Waals surface area contributed by atoms with E-state index < -0.39 is 52.0 Å². The molecule has 0 bridgehead atoms. The lowest BCUT2D eigenvalue weighted by molar-refractivity contribution is -0.266. The van der Waals surface area contributed by atoms with Gasteiger partial charge in [0.25, 0.3) is 0 Å². The summed E-state index contributed by atoms with van der Waals surface area (Å²) in [5.41, 5.74) is -5.14. The molecule has 0 aromatic heterocycles. The van der Waals surface area contributed by atoms with Crippen molar-refractivity contribution >= 4 is 34.3 Å². The van der Waals surface area contributed by atoms with Gasteiger partial charge in [0.05, 0.1) is 17.9 Å². The number of allylic oxidation sites excluding steroid dienone is 4. The lowest BCUT2D eigenvalue weighted by Gasteiger charge is -2.63. The van der Waals surface area contributed by atoms with E-state index in [2.05, 4.69) is 0 Å². The number of hydrogen-bond donors (Lipinski definition) is 1. The second-order valence-electron chi connectivity index (χ2n) is 12.3. The molecule has 1 aromatic rings. The van der Waals surface area contributed by atoms with Crippen molar-refractivity contribution in [2.75, 3.05) is 12.3 Å².